The van der Waals surface area contributed by atoms with Crippen molar-refractivity contribution in [3.8, 4) is 0 Å². The fraction of sp³-hybridized carbons (Fsp3) is 0.833. The highest BCUT2D eigenvalue weighted by Crippen LogP contribution is 2.18. The number of rotatable bonds is 7. The maximum Gasteiger partial charge on any atom is 0.326 e. The zero-order valence-corrected chi connectivity index (χ0v) is 10.8. The monoisotopic (exact) mass is 259 g/mol. The molecule has 18 heavy (non-hydrogen) atoms. The van der Waals surface area contributed by atoms with Gasteiger partial charge in [0.2, 0.25) is 5.91 Å². The van der Waals surface area contributed by atoms with Gasteiger partial charge in [0.15, 0.2) is 0 Å². The van der Waals surface area contributed by atoms with E-state index in [9.17, 15) is 9.59 Å². The lowest BCUT2D eigenvalue weighted by molar-refractivity contribution is -0.152. The van der Waals surface area contributed by atoms with Crippen molar-refractivity contribution in [1.82, 2.24) is 4.90 Å². The number of aliphatic carboxylic acids is 1. The molecule has 1 aliphatic heterocycles. The predicted molar refractivity (Wildman–Crippen MR) is 64.3 cm³/mol. The number of nitrogens with zero attached hydrogens (tertiary/aromatic N) is 1. The summed E-state index contributed by atoms with van der Waals surface area (Å²) in [4.78, 5) is 24.4. The molecule has 104 valence electrons. The number of piperidine rings is 1. The number of carboxylic acids is 1. The van der Waals surface area contributed by atoms with Gasteiger partial charge < -0.3 is 19.5 Å². The van der Waals surface area contributed by atoms with Crippen LogP contribution >= 0.6 is 0 Å². The zero-order valence-electron chi connectivity index (χ0n) is 10.8. The molecule has 0 aromatic carbocycles. The Morgan fingerprint density at radius 2 is 2.06 bits per heavy atom. The van der Waals surface area contributed by atoms with Crippen LogP contribution in [0.15, 0.2) is 0 Å². The van der Waals surface area contributed by atoms with Gasteiger partial charge in [-0.1, -0.05) is 0 Å². The fourth-order valence-corrected chi connectivity index (χ4v) is 2.03. The second-order valence-corrected chi connectivity index (χ2v) is 4.29. The van der Waals surface area contributed by atoms with E-state index in [0.29, 0.717) is 32.8 Å². The lowest BCUT2D eigenvalue weighted by atomic mass is 10.0. The molecule has 1 amide bonds. The van der Waals surface area contributed by atoms with Crippen LogP contribution in [-0.4, -0.2) is 61.4 Å². The van der Waals surface area contributed by atoms with E-state index in [1.54, 1.807) is 7.11 Å². The van der Waals surface area contributed by atoms with E-state index in [2.05, 4.69) is 0 Å². The Morgan fingerprint density at radius 1 is 1.28 bits per heavy atom. The highest BCUT2D eigenvalue weighted by atomic mass is 16.5. The minimum absolute atomic E-state index is 0.139. The van der Waals surface area contributed by atoms with Crippen LogP contribution in [0.3, 0.4) is 0 Å². The number of carbonyl (C=O) groups is 2. The number of hydrogen-bond acceptors (Lipinski definition) is 4. The summed E-state index contributed by atoms with van der Waals surface area (Å²) in [5.41, 5.74) is 0. The van der Waals surface area contributed by atoms with Crippen LogP contribution in [0.2, 0.25) is 0 Å². The molecule has 0 radical (unpaired) electrons. The van der Waals surface area contributed by atoms with Gasteiger partial charge >= 0.3 is 5.97 Å². The van der Waals surface area contributed by atoms with Crippen LogP contribution in [0.5, 0.6) is 0 Å². The SMILES string of the molecule is COCCOCCC(=O)N1CCCC[C@@H]1C(=O)O. The lowest BCUT2D eigenvalue weighted by Crippen LogP contribution is -2.48. The molecule has 6 heteroatoms. The molecule has 6 nitrogen and oxygen atoms in total. The quantitative estimate of drug-likeness (QED) is 0.674. The minimum atomic E-state index is -0.914. The summed E-state index contributed by atoms with van der Waals surface area (Å²) >= 11 is 0. The zero-order chi connectivity index (χ0) is 13.4. The van der Waals surface area contributed by atoms with E-state index in [1.165, 1.54) is 4.90 Å². The number of carbonyl (C=O) groups excluding carboxylic acids is 1. The Kier molecular flexibility index (Phi) is 6.67. The van der Waals surface area contributed by atoms with Gasteiger partial charge in [-0.2, -0.15) is 0 Å². The van der Waals surface area contributed by atoms with Gasteiger partial charge in [-0.25, -0.2) is 4.79 Å². The first-order valence-electron chi connectivity index (χ1n) is 6.25. The Balaban J connectivity index is 2.32. The summed E-state index contributed by atoms with van der Waals surface area (Å²) in [6, 6.07) is -0.662. The normalized spacial score (nSPS) is 19.8. The molecule has 1 atom stereocenters. The molecule has 0 aromatic heterocycles. The maximum atomic E-state index is 11.9. The Labute approximate surface area is 107 Å². The van der Waals surface area contributed by atoms with Crippen molar-refractivity contribution in [1.29, 1.82) is 0 Å². The molecule has 1 saturated heterocycles. The highest BCUT2D eigenvalue weighted by molar-refractivity contribution is 5.83. The van der Waals surface area contributed by atoms with Gasteiger partial charge in [-0.05, 0) is 19.3 Å². The van der Waals surface area contributed by atoms with Crippen molar-refractivity contribution < 1.29 is 24.2 Å². The van der Waals surface area contributed by atoms with Gasteiger partial charge in [0.1, 0.15) is 6.04 Å². The van der Waals surface area contributed by atoms with Crippen LogP contribution in [0.4, 0.5) is 0 Å². The van der Waals surface area contributed by atoms with E-state index < -0.39 is 12.0 Å². The van der Waals surface area contributed by atoms with E-state index >= 15 is 0 Å². The lowest BCUT2D eigenvalue weighted by Gasteiger charge is -2.33. The highest BCUT2D eigenvalue weighted by Gasteiger charge is 2.31. The van der Waals surface area contributed by atoms with E-state index in [0.717, 1.165) is 12.8 Å². The Bertz CT molecular complexity index is 282. The van der Waals surface area contributed by atoms with Gasteiger partial charge in [0.25, 0.3) is 0 Å². The molecule has 0 spiro atoms. The summed E-state index contributed by atoms with van der Waals surface area (Å²) in [5, 5.41) is 9.06. The van der Waals surface area contributed by atoms with Crippen molar-refractivity contribution in [2.75, 3.05) is 33.5 Å². The first-order valence-corrected chi connectivity index (χ1v) is 6.25. The first-order chi connectivity index (χ1) is 8.66. The van der Waals surface area contributed by atoms with Crippen molar-refractivity contribution in [3.05, 3.63) is 0 Å². The molecule has 1 fully saturated rings. The summed E-state index contributed by atoms with van der Waals surface area (Å²) < 4.78 is 10.0. The van der Waals surface area contributed by atoms with Crippen LogP contribution in [0.1, 0.15) is 25.7 Å². The molecule has 0 bridgehead atoms. The average molecular weight is 259 g/mol. The first kappa shape index (κ1) is 14.9. The largest absolute Gasteiger partial charge is 0.480 e. The number of amides is 1. The Morgan fingerprint density at radius 3 is 2.72 bits per heavy atom. The molecule has 1 N–H and O–H groups in total. The minimum Gasteiger partial charge on any atom is -0.480 e. The molecule has 0 aromatic rings. The van der Waals surface area contributed by atoms with Gasteiger partial charge in [0, 0.05) is 13.7 Å². The molecule has 1 aliphatic rings. The number of methoxy groups -OCH3 is 1. The predicted octanol–water partition coefficient (Wildman–Crippen LogP) is 0.505. The summed E-state index contributed by atoms with van der Waals surface area (Å²) in [7, 11) is 1.58. The van der Waals surface area contributed by atoms with E-state index in [4.69, 9.17) is 14.6 Å². The molecule has 1 heterocycles. The van der Waals surface area contributed by atoms with Crippen molar-refractivity contribution in [3.63, 3.8) is 0 Å². The summed E-state index contributed by atoms with van der Waals surface area (Å²) in [6.45, 7) is 1.79. The molecular weight excluding hydrogens is 238 g/mol. The van der Waals surface area contributed by atoms with Crippen LogP contribution < -0.4 is 0 Å². The number of hydrogen-bond donors (Lipinski definition) is 1. The van der Waals surface area contributed by atoms with Crippen molar-refractivity contribution in [2.45, 2.75) is 31.7 Å². The van der Waals surface area contributed by atoms with Crippen molar-refractivity contribution in [2.24, 2.45) is 0 Å². The number of carboxylic acid groups (broad SMARTS) is 1. The molecule has 0 unspecified atom stereocenters. The van der Waals surface area contributed by atoms with Crippen LogP contribution in [-0.2, 0) is 19.1 Å². The topological polar surface area (TPSA) is 76.1 Å². The molecule has 1 rings (SSSR count). The molecule has 0 aliphatic carbocycles. The third-order valence-electron chi connectivity index (χ3n) is 3.00. The standard InChI is InChI=1S/C12H21NO5/c1-17-8-9-18-7-5-11(14)13-6-3-2-4-10(13)12(15)16/h10H,2-9H2,1H3,(H,15,16)/t10-/m1/s1. The summed E-state index contributed by atoms with van der Waals surface area (Å²) in [5.74, 6) is -1.05. The van der Waals surface area contributed by atoms with Gasteiger partial charge in [-0.3, -0.25) is 4.79 Å². The second-order valence-electron chi connectivity index (χ2n) is 4.29. The van der Waals surface area contributed by atoms with Crippen LogP contribution in [0, 0.1) is 0 Å². The number of ether oxygens (including phenoxy) is 2. The van der Waals surface area contributed by atoms with Gasteiger partial charge in [0.05, 0.1) is 26.2 Å². The molecular formula is C12H21NO5. The third-order valence-corrected chi connectivity index (χ3v) is 3.00. The summed E-state index contributed by atoms with van der Waals surface area (Å²) in [6.07, 6.45) is 2.52. The second kappa shape index (κ2) is 8.05. The number of likely N-dealkylation sites (tertiary alicyclic amines) is 1. The van der Waals surface area contributed by atoms with E-state index in [-0.39, 0.29) is 12.3 Å². The van der Waals surface area contributed by atoms with Crippen molar-refractivity contribution >= 4 is 11.9 Å². The maximum absolute atomic E-state index is 11.9. The van der Waals surface area contributed by atoms with Gasteiger partial charge in [-0.15, -0.1) is 0 Å². The smallest absolute Gasteiger partial charge is 0.326 e. The average Bonchev–Trinajstić information content (AvgIpc) is 2.38. The fourth-order valence-electron chi connectivity index (χ4n) is 2.03. The Hall–Kier alpha value is -1.14. The van der Waals surface area contributed by atoms with E-state index in [1.807, 2.05) is 0 Å². The van der Waals surface area contributed by atoms with Crippen LogP contribution in [0.25, 0.3) is 0 Å². The third kappa shape index (κ3) is 4.62. The molecule has 0 saturated carbocycles.